The number of rotatable bonds is 2. The van der Waals surface area contributed by atoms with Crippen molar-refractivity contribution in [3.05, 3.63) is 18.0 Å². The second kappa shape index (κ2) is 4.58. The molecule has 100 valence electrons. The molecule has 1 N–H and O–H groups in total. The van der Waals surface area contributed by atoms with Crippen LogP contribution in [0.3, 0.4) is 0 Å². The average Bonchev–Trinajstić information content (AvgIpc) is 2.85. The maximum absolute atomic E-state index is 12.3. The quantitative estimate of drug-likeness (QED) is 0.819. The van der Waals surface area contributed by atoms with E-state index >= 15 is 0 Å². The number of amides is 1. The average molecular weight is 265 g/mol. The van der Waals surface area contributed by atoms with Gasteiger partial charge >= 0.3 is 6.18 Å². The molecule has 9 heteroatoms. The van der Waals surface area contributed by atoms with Gasteiger partial charge in [0, 0.05) is 6.20 Å². The number of aromatic nitrogens is 2. The Kier molecular flexibility index (Phi) is 3.26. The highest BCUT2D eigenvalue weighted by Crippen LogP contribution is 2.27. The summed E-state index contributed by atoms with van der Waals surface area (Å²) in [6.07, 6.45) is -4.24. The SMILES string of the molecule is O=C(Cn1ccc(C(F)(F)F)n1)N1C[C@H](O)CO1. The van der Waals surface area contributed by atoms with E-state index in [1.54, 1.807) is 0 Å². The van der Waals surface area contributed by atoms with Crippen molar-refractivity contribution in [1.82, 2.24) is 14.8 Å². The third kappa shape index (κ3) is 2.79. The number of hydrogen-bond donors (Lipinski definition) is 1. The molecule has 1 aliphatic rings. The van der Waals surface area contributed by atoms with Crippen LogP contribution >= 0.6 is 0 Å². The molecule has 0 radical (unpaired) electrons. The molecule has 0 bridgehead atoms. The lowest BCUT2D eigenvalue weighted by atomic mass is 10.4. The maximum atomic E-state index is 12.3. The first-order valence-electron chi connectivity index (χ1n) is 5.08. The van der Waals surface area contributed by atoms with Gasteiger partial charge in [0.1, 0.15) is 13.2 Å². The number of hydroxylamine groups is 2. The Labute approximate surface area is 99.5 Å². The van der Waals surface area contributed by atoms with Crippen LogP contribution in [0.4, 0.5) is 13.2 Å². The number of aliphatic hydroxyl groups excluding tert-OH is 1. The molecule has 1 aromatic rings. The summed E-state index contributed by atoms with van der Waals surface area (Å²) in [7, 11) is 0. The fourth-order valence-corrected chi connectivity index (χ4v) is 1.47. The van der Waals surface area contributed by atoms with Gasteiger partial charge in [0.05, 0.1) is 12.6 Å². The number of nitrogens with zero attached hydrogens (tertiary/aromatic N) is 3. The molecule has 6 nitrogen and oxygen atoms in total. The van der Waals surface area contributed by atoms with Crippen LogP contribution in [0.25, 0.3) is 0 Å². The minimum absolute atomic E-state index is 0.00134. The summed E-state index contributed by atoms with van der Waals surface area (Å²) in [4.78, 5) is 16.4. The second-order valence-electron chi connectivity index (χ2n) is 3.80. The highest BCUT2D eigenvalue weighted by molar-refractivity contribution is 5.75. The summed E-state index contributed by atoms with van der Waals surface area (Å²) in [6.45, 7) is -0.367. The van der Waals surface area contributed by atoms with E-state index < -0.39 is 23.9 Å². The summed E-state index contributed by atoms with van der Waals surface area (Å²) in [5.41, 5.74) is -1.06. The molecule has 0 saturated carbocycles. The predicted octanol–water partition coefficient (Wildman–Crippen LogP) is 0.0366. The van der Waals surface area contributed by atoms with Crippen molar-refractivity contribution in [3.63, 3.8) is 0 Å². The van der Waals surface area contributed by atoms with Crippen molar-refractivity contribution in [2.45, 2.75) is 18.8 Å². The highest BCUT2D eigenvalue weighted by atomic mass is 19.4. The van der Waals surface area contributed by atoms with Crippen LogP contribution in [-0.4, -0.2) is 45.1 Å². The van der Waals surface area contributed by atoms with Crippen LogP contribution in [0.1, 0.15) is 5.69 Å². The molecule has 1 aromatic heterocycles. The lowest BCUT2D eigenvalue weighted by Gasteiger charge is -2.13. The van der Waals surface area contributed by atoms with Crippen molar-refractivity contribution >= 4 is 5.91 Å². The van der Waals surface area contributed by atoms with E-state index in [0.29, 0.717) is 0 Å². The number of halogens is 3. The first-order chi connectivity index (χ1) is 8.36. The third-order valence-electron chi connectivity index (χ3n) is 2.31. The summed E-state index contributed by atoms with van der Waals surface area (Å²) in [6, 6.07) is 0.785. The predicted molar refractivity (Wildman–Crippen MR) is 50.9 cm³/mol. The summed E-state index contributed by atoms with van der Waals surface area (Å²) in [5.74, 6) is -0.566. The van der Waals surface area contributed by atoms with Crippen LogP contribution in [0.15, 0.2) is 12.3 Å². The van der Waals surface area contributed by atoms with E-state index in [2.05, 4.69) is 5.10 Å². The Morgan fingerprint density at radius 3 is 2.83 bits per heavy atom. The molecule has 2 rings (SSSR count). The van der Waals surface area contributed by atoms with Gasteiger partial charge in [-0.05, 0) is 6.07 Å². The molecular weight excluding hydrogens is 255 g/mol. The molecule has 1 atom stereocenters. The van der Waals surface area contributed by atoms with E-state index in [9.17, 15) is 18.0 Å². The number of hydrogen-bond acceptors (Lipinski definition) is 4. The smallest absolute Gasteiger partial charge is 0.389 e. The largest absolute Gasteiger partial charge is 0.435 e. The standard InChI is InChI=1S/C9H10F3N3O3/c10-9(11,12)7-1-2-14(13-7)4-8(17)15-3-6(16)5-18-15/h1-2,6,16H,3-5H2/t6-/m0/s1. The summed E-state index contributed by atoms with van der Waals surface area (Å²) in [5, 5.41) is 13.3. The number of carbonyl (C=O) groups is 1. The molecule has 1 fully saturated rings. The third-order valence-corrected chi connectivity index (χ3v) is 2.31. The maximum Gasteiger partial charge on any atom is 0.435 e. The molecule has 1 saturated heterocycles. The zero-order chi connectivity index (χ0) is 13.3. The van der Waals surface area contributed by atoms with E-state index in [1.165, 1.54) is 0 Å². The van der Waals surface area contributed by atoms with Crippen LogP contribution in [-0.2, 0) is 22.4 Å². The van der Waals surface area contributed by atoms with Crippen LogP contribution < -0.4 is 0 Å². The van der Waals surface area contributed by atoms with Gasteiger partial charge in [-0.3, -0.25) is 14.3 Å². The van der Waals surface area contributed by atoms with Gasteiger partial charge in [0.15, 0.2) is 5.69 Å². The molecule has 0 aromatic carbocycles. The Bertz CT molecular complexity index is 446. The first kappa shape index (κ1) is 12.8. The minimum Gasteiger partial charge on any atom is -0.389 e. The van der Waals surface area contributed by atoms with E-state index in [-0.39, 0.29) is 19.7 Å². The normalized spacial score (nSPS) is 20.4. The van der Waals surface area contributed by atoms with Gasteiger partial charge < -0.3 is 5.11 Å². The molecular formula is C9H10F3N3O3. The van der Waals surface area contributed by atoms with Crippen LogP contribution in [0, 0.1) is 0 Å². The van der Waals surface area contributed by atoms with Gasteiger partial charge in [0.2, 0.25) is 0 Å². The Morgan fingerprint density at radius 1 is 1.61 bits per heavy atom. The zero-order valence-corrected chi connectivity index (χ0v) is 9.09. The van der Waals surface area contributed by atoms with Gasteiger partial charge in [-0.25, -0.2) is 5.06 Å². The molecule has 2 heterocycles. The zero-order valence-electron chi connectivity index (χ0n) is 9.09. The minimum atomic E-state index is -4.53. The van der Waals surface area contributed by atoms with Crippen molar-refractivity contribution in [1.29, 1.82) is 0 Å². The number of aliphatic hydroxyl groups is 1. The van der Waals surface area contributed by atoms with Crippen LogP contribution in [0.5, 0.6) is 0 Å². The van der Waals surface area contributed by atoms with Crippen molar-refractivity contribution in [2.24, 2.45) is 0 Å². The second-order valence-corrected chi connectivity index (χ2v) is 3.80. The highest BCUT2D eigenvalue weighted by Gasteiger charge is 2.34. The lowest BCUT2D eigenvalue weighted by molar-refractivity contribution is -0.169. The van der Waals surface area contributed by atoms with Crippen molar-refractivity contribution in [3.8, 4) is 0 Å². The monoisotopic (exact) mass is 265 g/mol. The number of β-amino-alcohol motifs (C(OH)–C–C–N with tert-alkyl or cyclic N) is 1. The Balaban J connectivity index is 1.97. The van der Waals surface area contributed by atoms with Gasteiger partial charge in [-0.1, -0.05) is 0 Å². The molecule has 1 amide bonds. The van der Waals surface area contributed by atoms with Crippen LogP contribution in [0.2, 0.25) is 0 Å². The fourth-order valence-electron chi connectivity index (χ4n) is 1.47. The molecule has 18 heavy (non-hydrogen) atoms. The van der Waals surface area contributed by atoms with Gasteiger partial charge in [0.25, 0.3) is 5.91 Å². The van der Waals surface area contributed by atoms with E-state index in [0.717, 1.165) is 22.0 Å². The van der Waals surface area contributed by atoms with Crippen molar-refractivity contribution < 1.29 is 27.9 Å². The fraction of sp³-hybridized carbons (Fsp3) is 0.556. The Hall–Kier alpha value is -1.61. The Morgan fingerprint density at radius 2 is 2.33 bits per heavy atom. The topological polar surface area (TPSA) is 67.6 Å². The molecule has 0 aliphatic carbocycles. The first-order valence-corrected chi connectivity index (χ1v) is 5.08. The summed E-state index contributed by atoms with van der Waals surface area (Å²) >= 11 is 0. The van der Waals surface area contributed by atoms with E-state index in [4.69, 9.17) is 9.94 Å². The van der Waals surface area contributed by atoms with Gasteiger partial charge in [-0.2, -0.15) is 18.3 Å². The lowest BCUT2D eigenvalue weighted by Crippen LogP contribution is -2.31. The van der Waals surface area contributed by atoms with Crippen molar-refractivity contribution in [2.75, 3.05) is 13.2 Å². The molecule has 0 spiro atoms. The molecule has 1 aliphatic heterocycles. The summed E-state index contributed by atoms with van der Waals surface area (Å²) < 4.78 is 37.7. The molecule has 0 unspecified atom stereocenters. The van der Waals surface area contributed by atoms with E-state index in [1.807, 2.05) is 0 Å². The van der Waals surface area contributed by atoms with Gasteiger partial charge in [-0.15, -0.1) is 0 Å². The number of alkyl halides is 3. The number of carbonyl (C=O) groups excluding carboxylic acids is 1.